The van der Waals surface area contributed by atoms with E-state index in [1.54, 1.807) is 39.7 Å². The minimum atomic E-state index is -0.315. The highest BCUT2D eigenvalue weighted by Gasteiger charge is 2.33. The lowest BCUT2D eigenvalue weighted by atomic mass is 9.90. The van der Waals surface area contributed by atoms with Crippen molar-refractivity contribution in [1.82, 2.24) is 0 Å². The summed E-state index contributed by atoms with van der Waals surface area (Å²) in [6, 6.07) is 13.4. The quantitative estimate of drug-likeness (QED) is 0.394. The number of nitrogens with zero attached hydrogens (tertiary/aromatic N) is 1. The normalized spacial score (nSPS) is 14.5. The molecule has 1 aromatic heterocycles. The number of rotatable bonds is 5. The molecule has 1 aliphatic rings. The van der Waals surface area contributed by atoms with E-state index in [9.17, 15) is 4.79 Å². The first-order valence-electron chi connectivity index (χ1n) is 9.94. The first-order chi connectivity index (χ1) is 14.4. The number of benzene rings is 2. The van der Waals surface area contributed by atoms with Crippen molar-refractivity contribution in [3.05, 3.63) is 57.6 Å². The van der Waals surface area contributed by atoms with Crippen LogP contribution in [0.4, 0.5) is 11.4 Å². The predicted octanol–water partition coefficient (Wildman–Crippen LogP) is 5.95. The average Bonchev–Trinajstić information content (AvgIpc) is 3.14. The monoisotopic (exact) mass is 440 g/mol. The van der Waals surface area contributed by atoms with Gasteiger partial charge in [0.2, 0.25) is 0 Å². The minimum Gasteiger partial charge on any atom is -0.494 e. The Kier molecular flexibility index (Phi) is 5.66. The SMILES string of the molecule is CCOC(=O)c1ccc(N=c2ssc3c2-c2cc(OCC)ccc2NC3(C)C)cc1. The molecule has 0 fully saturated rings. The van der Waals surface area contributed by atoms with Crippen LogP contribution in [-0.4, -0.2) is 19.2 Å². The van der Waals surface area contributed by atoms with Gasteiger partial charge in [0.1, 0.15) is 10.4 Å². The first kappa shape index (κ1) is 20.6. The summed E-state index contributed by atoms with van der Waals surface area (Å²) in [5.41, 5.74) is 4.49. The fraction of sp³-hybridized carbons (Fsp3) is 0.304. The highest BCUT2D eigenvalue weighted by molar-refractivity contribution is 7.68. The molecule has 0 bridgehead atoms. The molecular weight excluding hydrogens is 416 g/mol. The van der Waals surface area contributed by atoms with E-state index >= 15 is 0 Å². The van der Waals surface area contributed by atoms with Gasteiger partial charge in [-0.05, 0) is 70.2 Å². The van der Waals surface area contributed by atoms with Gasteiger partial charge in [0.05, 0.1) is 34.9 Å². The van der Waals surface area contributed by atoms with Crippen molar-refractivity contribution in [2.45, 2.75) is 33.2 Å². The third-order valence-corrected chi connectivity index (χ3v) is 7.48. The molecule has 1 aliphatic heterocycles. The minimum absolute atomic E-state index is 0.182. The van der Waals surface area contributed by atoms with Gasteiger partial charge in [0.15, 0.2) is 0 Å². The Bertz CT molecular complexity index is 1140. The summed E-state index contributed by atoms with van der Waals surface area (Å²) >= 11 is 0. The molecule has 2 heterocycles. The third kappa shape index (κ3) is 3.87. The van der Waals surface area contributed by atoms with Crippen LogP contribution in [0, 0.1) is 0 Å². The second-order valence-corrected chi connectivity index (χ2v) is 9.57. The molecule has 1 N–H and O–H groups in total. The third-order valence-electron chi connectivity index (χ3n) is 4.84. The summed E-state index contributed by atoms with van der Waals surface area (Å²) in [4.78, 5) is 18.1. The van der Waals surface area contributed by atoms with Gasteiger partial charge in [-0.1, -0.05) is 20.7 Å². The molecule has 2 aromatic carbocycles. The highest BCUT2D eigenvalue weighted by Crippen LogP contribution is 2.46. The van der Waals surface area contributed by atoms with Gasteiger partial charge in [-0.2, -0.15) is 0 Å². The lowest BCUT2D eigenvalue weighted by Crippen LogP contribution is -2.31. The van der Waals surface area contributed by atoms with E-state index < -0.39 is 0 Å². The van der Waals surface area contributed by atoms with Crippen molar-refractivity contribution in [2.24, 2.45) is 4.99 Å². The molecule has 5 nitrogen and oxygen atoms in total. The Hall–Kier alpha value is -2.64. The molecule has 4 rings (SSSR count). The number of nitrogens with one attached hydrogen (secondary N) is 1. The maximum atomic E-state index is 11.9. The van der Waals surface area contributed by atoms with E-state index in [1.165, 1.54) is 4.88 Å². The molecule has 0 saturated carbocycles. The zero-order chi connectivity index (χ0) is 21.3. The van der Waals surface area contributed by atoms with Crippen molar-refractivity contribution in [3.63, 3.8) is 0 Å². The zero-order valence-electron chi connectivity index (χ0n) is 17.4. The van der Waals surface area contributed by atoms with Crippen molar-refractivity contribution in [3.8, 4) is 16.9 Å². The van der Waals surface area contributed by atoms with Gasteiger partial charge in [-0.15, -0.1) is 0 Å². The topological polar surface area (TPSA) is 59.9 Å². The van der Waals surface area contributed by atoms with Crippen LogP contribution in [0.2, 0.25) is 0 Å². The summed E-state index contributed by atoms with van der Waals surface area (Å²) in [6.07, 6.45) is 0. The van der Waals surface area contributed by atoms with Crippen LogP contribution in [-0.2, 0) is 10.3 Å². The number of carbonyl (C=O) groups is 1. The zero-order valence-corrected chi connectivity index (χ0v) is 19.1. The Morgan fingerprint density at radius 3 is 2.53 bits per heavy atom. The summed E-state index contributed by atoms with van der Waals surface area (Å²) < 4.78 is 11.8. The standard InChI is InChI=1S/C23H24N2O3S2/c1-5-27-16-11-12-18-17(13-16)19-20(23(3,4)25-18)29-30-21(19)24-15-9-7-14(8-10-15)22(26)28-6-2/h7-13,25H,5-6H2,1-4H3. The first-order valence-corrected chi connectivity index (χ1v) is 12.1. The van der Waals surface area contributed by atoms with Gasteiger partial charge in [0.25, 0.3) is 0 Å². The fourth-order valence-corrected chi connectivity index (χ4v) is 6.42. The molecule has 30 heavy (non-hydrogen) atoms. The van der Waals surface area contributed by atoms with E-state index in [-0.39, 0.29) is 11.5 Å². The van der Waals surface area contributed by atoms with Crippen molar-refractivity contribution < 1.29 is 14.3 Å². The van der Waals surface area contributed by atoms with E-state index in [1.807, 2.05) is 25.1 Å². The lowest BCUT2D eigenvalue weighted by Gasteiger charge is -2.33. The number of fused-ring (bicyclic) bond motifs is 3. The molecule has 3 aromatic rings. The van der Waals surface area contributed by atoms with Crippen LogP contribution >= 0.6 is 20.7 Å². The van der Waals surface area contributed by atoms with E-state index in [2.05, 4.69) is 31.3 Å². The molecule has 0 radical (unpaired) electrons. The molecule has 156 valence electrons. The Morgan fingerprint density at radius 1 is 1.07 bits per heavy atom. The number of esters is 1. The predicted molar refractivity (Wildman–Crippen MR) is 123 cm³/mol. The van der Waals surface area contributed by atoms with Gasteiger partial charge in [-0.25, -0.2) is 9.79 Å². The van der Waals surface area contributed by atoms with Gasteiger partial charge in [-0.3, -0.25) is 0 Å². The Labute approximate surface area is 183 Å². The van der Waals surface area contributed by atoms with Crippen LogP contribution in [0.3, 0.4) is 0 Å². The Balaban J connectivity index is 1.80. The van der Waals surface area contributed by atoms with Crippen LogP contribution in [0.1, 0.15) is 42.9 Å². The summed E-state index contributed by atoms with van der Waals surface area (Å²) in [5, 5.41) is 3.64. The number of anilines is 1. The van der Waals surface area contributed by atoms with Gasteiger partial charge in [0, 0.05) is 16.8 Å². The van der Waals surface area contributed by atoms with Crippen molar-refractivity contribution >= 4 is 38.0 Å². The maximum Gasteiger partial charge on any atom is 0.338 e. The Morgan fingerprint density at radius 2 is 1.83 bits per heavy atom. The van der Waals surface area contributed by atoms with E-state index in [4.69, 9.17) is 14.5 Å². The van der Waals surface area contributed by atoms with E-state index in [0.717, 1.165) is 32.9 Å². The highest BCUT2D eigenvalue weighted by atomic mass is 32.9. The molecule has 0 amide bonds. The summed E-state index contributed by atoms with van der Waals surface area (Å²) in [7, 11) is 3.41. The van der Waals surface area contributed by atoms with Crippen molar-refractivity contribution in [2.75, 3.05) is 18.5 Å². The fourth-order valence-electron chi connectivity index (χ4n) is 3.48. The molecule has 0 aliphatic carbocycles. The molecular formula is C23H24N2O3S2. The van der Waals surface area contributed by atoms with Gasteiger partial charge < -0.3 is 14.8 Å². The number of hydrogen-bond acceptors (Lipinski definition) is 7. The van der Waals surface area contributed by atoms with E-state index in [0.29, 0.717) is 18.8 Å². The van der Waals surface area contributed by atoms with Crippen LogP contribution in [0.25, 0.3) is 11.1 Å². The van der Waals surface area contributed by atoms with Crippen LogP contribution in [0.5, 0.6) is 5.75 Å². The molecule has 0 spiro atoms. The maximum absolute atomic E-state index is 11.9. The lowest BCUT2D eigenvalue weighted by molar-refractivity contribution is 0.0526. The number of ether oxygens (including phenoxy) is 2. The van der Waals surface area contributed by atoms with Gasteiger partial charge >= 0.3 is 5.97 Å². The molecule has 0 saturated heterocycles. The second-order valence-electron chi connectivity index (χ2n) is 7.45. The number of carbonyl (C=O) groups excluding carboxylic acids is 1. The average molecular weight is 441 g/mol. The van der Waals surface area contributed by atoms with Crippen molar-refractivity contribution in [1.29, 1.82) is 0 Å². The van der Waals surface area contributed by atoms with Crippen LogP contribution in [0.15, 0.2) is 47.5 Å². The largest absolute Gasteiger partial charge is 0.494 e. The molecule has 7 heteroatoms. The molecule has 0 atom stereocenters. The summed E-state index contributed by atoms with van der Waals surface area (Å²) in [5.74, 6) is 0.537. The second kappa shape index (κ2) is 8.24. The molecule has 0 unspecified atom stereocenters. The number of hydrogen-bond donors (Lipinski definition) is 1. The van der Waals surface area contributed by atoms with Crippen LogP contribution < -0.4 is 14.7 Å². The smallest absolute Gasteiger partial charge is 0.338 e. The summed E-state index contributed by atoms with van der Waals surface area (Å²) in [6.45, 7) is 9.15.